The Morgan fingerprint density at radius 2 is 1.21 bits per heavy atom. The molecule has 4 aliphatic rings. The molecule has 0 amide bonds. The Hall–Kier alpha value is -0.780. The molecule has 0 spiro atoms. The van der Waals surface area contributed by atoms with E-state index in [1.54, 1.807) is 11.1 Å². The second-order valence-corrected chi connectivity index (χ2v) is 5.32. The zero-order chi connectivity index (χ0) is 9.12. The van der Waals surface area contributed by atoms with Gasteiger partial charge in [-0.1, -0.05) is 24.3 Å². The summed E-state index contributed by atoms with van der Waals surface area (Å²) in [6.07, 6.45) is 5.98. The summed E-state index contributed by atoms with van der Waals surface area (Å²) >= 11 is 0. The molecule has 0 heteroatoms. The molecule has 0 heterocycles. The van der Waals surface area contributed by atoms with Crippen LogP contribution in [0.3, 0.4) is 0 Å². The Kier molecular flexibility index (Phi) is 1.30. The lowest BCUT2D eigenvalue weighted by Gasteiger charge is -2.56. The van der Waals surface area contributed by atoms with Crippen LogP contribution in [0, 0.1) is 11.8 Å². The van der Waals surface area contributed by atoms with Crippen molar-refractivity contribution in [1.82, 2.24) is 0 Å². The molecule has 1 aromatic carbocycles. The van der Waals surface area contributed by atoms with E-state index in [9.17, 15) is 0 Å². The molecular weight excluding hydrogens is 168 g/mol. The highest BCUT2D eigenvalue weighted by molar-refractivity contribution is 5.41. The molecule has 14 heavy (non-hydrogen) atoms. The first-order valence-corrected chi connectivity index (χ1v) is 6.04. The van der Waals surface area contributed by atoms with E-state index in [0.29, 0.717) is 0 Å². The molecule has 2 bridgehead atoms. The van der Waals surface area contributed by atoms with Gasteiger partial charge in [-0.3, -0.25) is 0 Å². The van der Waals surface area contributed by atoms with Crippen molar-refractivity contribution in [1.29, 1.82) is 0 Å². The van der Waals surface area contributed by atoms with E-state index in [1.165, 1.54) is 25.7 Å². The Labute approximate surface area is 85.3 Å². The second-order valence-electron chi connectivity index (χ2n) is 5.32. The Morgan fingerprint density at radius 1 is 0.714 bits per heavy atom. The molecule has 0 aromatic heterocycles. The summed E-state index contributed by atoms with van der Waals surface area (Å²) in [4.78, 5) is 0. The fraction of sp³-hybridized carbons (Fsp3) is 0.571. The lowest BCUT2D eigenvalue weighted by Crippen LogP contribution is -2.44. The van der Waals surface area contributed by atoms with Crippen molar-refractivity contribution in [3.05, 3.63) is 35.4 Å². The number of fused-ring (bicyclic) bond motifs is 1. The van der Waals surface area contributed by atoms with Crippen LogP contribution in [0.1, 0.15) is 48.6 Å². The number of hydrogen-bond donors (Lipinski definition) is 0. The highest BCUT2D eigenvalue weighted by Crippen LogP contribution is 2.62. The van der Waals surface area contributed by atoms with Crippen molar-refractivity contribution in [2.75, 3.05) is 0 Å². The Morgan fingerprint density at radius 3 is 1.64 bits per heavy atom. The van der Waals surface area contributed by atoms with Crippen LogP contribution in [0.5, 0.6) is 0 Å². The van der Waals surface area contributed by atoms with E-state index in [-0.39, 0.29) is 0 Å². The average Bonchev–Trinajstić information content (AvgIpc) is 2.19. The zero-order valence-electron chi connectivity index (χ0n) is 8.45. The van der Waals surface area contributed by atoms with Gasteiger partial charge in [0.05, 0.1) is 0 Å². The normalized spacial score (nSPS) is 42.6. The van der Waals surface area contributed by atoms with Crippen LogP contribution in [0.15, 0.2) is 24.3 Å². The SMILES string of the molecule is c1ccc2c(c1)[C@H]1CC[C@H]2[C@H]2CC[C@@H]21. The minimum absolute atomic E-state index is 0.940. The quantitative estimate of drug-likeness (QED) is 0.577. The van der Waals surface area contributed by atoms with E-state index in [4.69, 9.17) is 0 Å². The minimum atomic E-state index is 0.940. The third kappa shape index (κ3) is 0.724. The molecule has 0 unspecified atom stereocenters. The third-order valence-electron chi connectivity index (χ3n) is 5.00. The predicted molar refractivity (Wildman–Crippen MR) is 57.4 cm³/mol. The van der Waals surface area contributed by atoms with Gasteiger partial charge in [-0.15, -0.1) is 0 Å². The summed E-state index contributed by atoms with van der Waals surface area (Å²) in [5.74, 6) is 4.03. The lowest BCUT2D eigenvalue weighted by molar-refractivity contribution is 0.0497. The van der Waals surface area contributed by atoms with Gasteiger partial charge in [0.15, 0.2) is 0 Å². The van der Waals surface area contributed by atoms with Crippen molar-refractivity contribution in [2.45, 2.75) is 37.5 Å². The highest BCUT2D eigenvalue weighted by Gasteiger charge is 2.50. The molecule has 2 saturated carbocycles. The van der Waals surface area contributed by atoms with Crippen molar-refractivity contribution in [3.63, 3.8) is 0 Å². The molecule has 4 atom stereocenters. The molecule has 1 aromatic rings. The molecule has 72 valence electrons. The van der Waals surface area contributed by atoms with E-state index < -0.39 is 0 Å². The van der Waals surface area contributed by atoms with Gasteiger partial charge in [-0.2, -0.15) is 0 Å². The molecule has 0 nitrogen and oxygen atoms in total. The van der Waals surface area contributed by atoms with Crippen molar-refractivity contribution in [3.8, 4) is 0 Å². The first kappa shape index (κ1) is 7.50. The van der Waals surface area contributed by atoms with Crippen LogP contribution in [-0.2, 0) is 0 Å². The average molecular weight is 184 g/mol. The maximum absolute atomic E-state index is 2.39. The van der Waals surface area contributed by atoms with Gasteiger partial charge in [0.2, 0.25) is 0 Å². The van der Waals surface area contributed by atoms with Gasteiger partial charge in [-0.05, 0) is 60.5 Å². The molecule has 4 aliphatic carbocycles. The lowest BCUT2D eigenvalue weighted by atomic mass is 9.49. The largest absolute Gasteiger partial charge is 0.0620 e. The van der Waals surface area contributed by atoms with Crippen molar-refractivity contribution < 1.29 is 0 Å². The van der Waals surface area contributed by atoms with E-state index in [2.05, 4.69) is 24.3 Å². The van der Waals surface area contributed by atoms with Gasteiger partial charge in [0, 0.05) is 0 Å². The third-order valence-corrected chi connectivity index (χ3v) is 5.00. The number of hydrogen-bond acceptors (Lipinski definition) is 0. The van der Waals surface area contributed by atoms with Crippen LogP contribution in [-0.4, -0.2) is 0 Å². The fourth-order valence-electron chi connectivity index (χ4n) is 4.30. The van der Waals surface area contributed by atoms with Gasteiger partial charge in [0.1, 0.15) is 0 Å². The summed E-state index contributed by atoms with van der Waals surface area (Å²) in [5, 5.41) is 0. The minimum Gasteiger partial charge on any atom is -0.0620 e. The van der Waals surface area contributed by atoms with Crippen molar-refractivity contribution >= 4 is 0 Å². The summed E-state index contributed by atoms with van der Waals surface area (Å²) in [6.45, 7) is 0. The van der Waals surface area contributed by atoms with E-state index in [1.807, 2.05) is 0 Å². The van der Waals surface area contributed by atoms with Crippen LogP contribution in [0.4, 0.5) is 0 Å². The molecule has 5 rings (SSSR count). The van der Waals surface area contributed by atoms with Gasteiger partial charge < -0.3 is 0 Å². The topological polar surface area (TPSA) is 0 Å². The first-order chi connectivity index (χ1) is 6.95. The predicted octanol–water partition coefficient (Wildman–Crippen LogP) is 3.69. The number of benzene rings is 1. The Balaban J connectivity index is 1.93. The molecule has 0 saturated heterocycles. The molecule has 2 fully saturated rings. The van der Waals surface area contributed by atoms with Crippen LogP contribution < -0.4 is 0 Å². The maximum Gasteiger partial charge on any atom is -0.0128 e. The van der Waals surface area contributed by atoms with Gasteiger partial charge in [0.25, 0.3) is 0 Å². The maximum atomic E-state index is 2.39. The van der Waals surface area contributed by atoms with Crippen molar-refractivity contribution in [2.24, 2.45) is 11.8 Å². The fourth-order valence-corrected chi connectivity index (χ4v) is 4.30. The van der Waals surface area contributed by atoms with E-state index in [0.717, 1.165) is 23.7 Å². The summed E-state index contributed by atoms with van der Waals surface area (Å²) in [6, 6.07) is 9.24. The van der Waals surface area contributed by atoms with Gasteiger partial charge >= 0.3 is 0 Å². The monoisotopic (exact) mass is 184 g/mol. The Bertz CT molecular complexity index is 342. The van der Waals surface area contributed by atoms with E-state index >= 15 is 0 Å². The van der Waals surface area contributed by atoms with Crippen LogP contribution >= 0.6 is 0 Å². The smallest absolute Gasteiger partial charge is 0.0128 e. The molecule has 0 radical (unpaired) electrons. The first-order valence-electron chi connectivity index (χ1n) is 6.04. The second kappa shape index (κ2) is 2.42. The summed E-state index contributed by atoms with van der Waals surface area (Å²) < 4.78 is 0. The summed E-state index contributed by atoms with van der Waals surface area (Å²) in [7, 11) is 0. The molecular formula is C14H16. The standard InChI is InChI=1S/C14H16/c1-2-4-10-9(3-1)11-5-6-12(10)14-8-7-13(11)14/h1-4,11-14H,5-8H2/t11-,12-,13-,14-/m1/s1. The van der Waals surface area contributed by atoms with Gasteiger partial charge in [-0.25, -0.2) is 0 Å². The van der Waals surface area contributed by atoms with Crippen LogP contribution in [0.25, 0.3) is 0 Å². The highest BCUT2D eigenvalue weighted by atomic mass is 14.5. The summed E-state index contributed by atoms with van der Waals surface area (Å²) in [5.41, 5.74) is 3.43. The zero-order valence-corrected chi connectivity index (χ0v) is 8.45. The molecule has 0 N–H and O–H groups in total. The number of rotatable bonds is 0. The molecule has 0 aliphatic heterocycles. The van der Waals surface area contributed by atoms with Crippen LogP contribution in [0.2, 0.25) is 0 Å².